The van der Waals surface area contributed by atoms with E-state index >= 15 is 0 Å². The number of benzene rings is 2. The highest BCUT2D eigenvalue weighted by Gasteiger charge is 2.01. The van der Waals surface area contributed by atoms with Gasteiger partial charge in [0.05, 0.1) is 0 Å². The van der Waals surface area contributed by atoms with Gasteiger partial charge in [-0.2, -0.15) is 0 Å². The summed E-state index contributed by atoms with van der Waals surface area (Å²) in [7, 11) is 0. The molecule has 0 amide bonds. The second-order valence-corrected chi connectivity index (χ2v) is 4.71. The highest BCUT2D eigenvalue weighted by molar-refractivity contribution is 5.83. The van der Waals surface area contributed by atoms with Crippen LogP contribution in [0.2, 0.25) is 0 Å². The van der Waals surface area contributed by atoms with Crippen LogP contribution in [0.1, 0.15) is 11.5 Å². The smallest absolute Gasteiger partial charge is 0.134 e. The van der Waals surface area contributed by atoms with Crippen LogP contribution in [0.25, 0.3) is 34.1 Å². The summed E-state index contributed by atoms with van der Waals surface area (Å²) in [6.45, 7) is 0. The van der Waals surface area contributed by atoms with Crippen molar-refractivity contribution in [3.05, 3.63) is 72.2 Å². The van der Waals surface area contributed by atoms with Crippen molar-refractivity contribution in [1.82, 2.24) is 0 Å². The van der Waals surface area contributed by atoms with E-state index in [2.05, 4.69) is 0 Å². The second-order valence-electron chi connectivity index (χ2n) is 4.71. The first kappa shape index (κ1) is 11.1. The van der Waals surface area contributed by atoms with E-state index in [9.17, 15) is 0 Å². The molecule has 0 saturated carbocycles. The zero-order valence-corrected chi connectivity index (χ0v) is 10.7. The zero-order chi connectivity index (χ0) is 13.4. The Labute approximate surface area is 115 Å². The van der Waals surface area contributed by atoms with Gasteiger partial charge >= 0.3 is 0 Å². The molecule has 20 heavy (non-hydrogen) atoms. The number of furan rings is 2. The topological polar surface area (TPSA) is 26.3 Å². The van der Waals surface area contributed by atoms with Crippen LogP contribution in [0.3, 0.4) is 0 Å². The summed E-state index contributed by atoms with van der Waals surface area (Å²) in [5.41, 5.74) is 1.80. The third kappa shape index (κ3) is 1.91. The van der Waals surface area contributed by atoms with Crippen molar-refractivity contribution in [2.75, 3.05) is 0 Å². The maximum absolute atomic E-state index is 5.74. The Bertz CT molecular complexity index is 767. The summed E-state index contributed by atoms with van der Waals surface area (Å²) in [4.78, 5) is 0. The fourth-order valence-electron chi connectivity index (χ4n) is 2.33. The molecule has 2 aromatic carbocycles. The third-order valence-corrected chi connectivity index (χ3v) is 3.30. The van der Waals surface area contributed by atoms with Crippen LogP contribution in [0.5, 0.6) is 0 Å². The molecule has 0 aliphatic heterocycles. The van der Waals surface area contributed by atoms with Gasteiger partial charge in [0.15, 0.2) is 0 Å². The van der Waals surface area contributed by atoms with E-state index in [1.807, 2.05) is 72.8 Å². The van der Waals surface area contributed by atoms with E-state index < -0.39 is 0 Å². The van der Waals surface area contributed by atoms with Gasteiger partial charge in [0.1, 0.15) is 22.7 Å². The van der Waals surface area contributed by atoms with Gasteiger partial charge in [-0.1, -0.05) is 36.4 Å². The molecule has 0 unspecified atom stereocenters. The first-order valence-electron chi connectivity index (χ1n) is 6.54. The highest BCUT2D eigenvalue weighted by Crippen LogP contribution is 2.23. The van der Waals surface area contributed by atoms with Gasteiger partial charge in [-0.05, 0) is 36.4 Å². The molecule has 0 bridgehead atoms. The number of rotatable bonds is 2. The van der Waals surface area contributed by atoms with Gasteiger partial charge in [-0.3, -0.25) is 0 Å². The Morgan fingerprint density at radius 3 is 1.50 bits per heavy atom. The van der Waals surface area contributed by atoms with Crippen molar-refractivity contribution in [2.45, 2.75) is 0 Å². The molecule has 0 fully saturated rings. The number of hydrogen-bond acceptors (Lipinski definition) is 2. The van der Waals surface area contributed by atoms with Crippen molar-refractivity contribution >= 4 is 34.1 Å². The zero-order valence-electron chi connectivity index (χ0n) is 10.7. The molecule has 4 rings (SSSR count). The average molecular weight is 260 g/mol. The predicted molar refractivity (Wildman–Crippen MR) is 81.4 cm³/mol. The number of para-hydroxylation sites is 2. The minimum Gasteiger partial charge on any atom is -0.457 e. The lowest BCUT2D eigenvalue weighted by Gasteiger charge is -1.85. The van der Waals surface area contributed by atoms with Gasteiger partial charge < -0.3 is 8.83 Å². The van der Waals surface area contributed by atoms with Crippen molar-refractivity contribution in [3.63, 3.8) is 0 Å². The van der Waals surface area contributed by atoms with Crippen molar-refractivity contribution < 1.29 is 8.83 Å². The molecule has 2 heteroatoms. The van der Waals surface area contributed by atoms with Crippen molar-refractivity contribution in [3.8, 4) is 0 Å². The molecule has 0 atom stereocenters. The first-order chi connectivity index (χ1) is 9.88. The molecule has 2 aromatic heterocycles. The first-order valence-corrected chi connectivity index (χ1v) is 6.54. The van der Waals surface area contributed by atoms with Crippen molar-refractivity contribution in [2.24, 2.45) is 0 Å². The van der Waals surface area contributed by atoms with Crippen LogP contribution in [0.15, 0.2) is 69.5 Å². The summed E-state index contributed by atoms with van der Waals surface area (Å²) in [5, 5.41) is 2.22. The number of fused-ring (bicyclic) bond motifs is 2. The largest absolute Gasteiger partial charge is 0.457 e. The highest BCUT2D eigenvalue weighted by atomic mass is 16.3. The predicted octanol–water partition coefficient (Wildman–Crippen LogP) is 5.35. The van der Waals surface area contributed by atoms with Gasteiger partial charge in [-0.25, -0.2) is 0 Å². The van der Waals surface area contributed by atoms with Crippen LogP contribution in [0.4, 0.5) is 0 Å². The van der Waals surface area contributed by atoms with Crippen LogP contribution in [-0.4, -0.2) is 0 Å². The van der Waals surface area contributed by atoms with Gasteiger partial charge in [0, 0.05) is 10.8 Å². The van der Waals surface area contributed by atoms with Crippen LogP contribution in [-0.2, 0) is 0 Å². The van der Waals surface area contributed by atoms with E-state index in [1.165, 1.54) is 0 Å². The maximum atomic E-state index is 5.74. The van der Waals surface area contributed by atoms with Gasteiger partial charge in [0.25, 0.3) is 0 Å². The number of hydrogen-bond donors (Lipinski definition) is 0. The molecule has 2 heterocycles. The average Bonchev–Trinajstić information content (AvgIpc) is 3.07. The summed E-state index contributed by atoms with van der Waals surface area (Å²) >= 11 is 0. The molecule has 0 spiro atoms. The summed E-state index contributed by atoms with van der Waals surface area (Å²) < 4.78 is 11.5. The third-order valence-electron chi connectivity index (χ3n) is 3.30. The van der Waals surface area contributed by atoms with Crippen LogP contribution < -0.4 is 0 Å². The van der Waals surface area contributed by atoms with Crippen LogP contribution in [0, 0.1) is 0 Å². The monoisotopic (exact) mass is 260 g/mol. The molecule has 0 N–H and O–H groups in total. The van der Waals surface area contributed by atoms with Gasteiger partial charge in [-0.15, -0.1) is 0 Å². The van der Waals surface area contributed by atoms with Gasteiger partial charge in [0.2, 0.25) is 0 Å². The summed E-state index contributed by atoms with van der Waals surface area (Å²) in [6.07, 6.45) is 3.86. The molecule has 0 aliphatic rings. The minimum atomic E-state index is 0.826. The van der Waals surface area contributed by atoms with E-state index in [0.717, 1.165) is 33.5 Å². The molecule has 0 radical (unpaired) electrons. The lowest BCUT2D eigenvalue weighted by molar-refractivity contribution is 0.599. The maximum Gasteiger partial charge on any atom is 0.134 e. The standard InChI is InChI=1S/C18H12O2/c1-3-7-17-13(5-1)11-15(19-17)9-10-16-12-14-6-2-4-8-18(14)20-16/h1-12H. The van der Waals surface area contributed by atoms with E-state index in [0.29, 0.717) is 0 Å². The Kier molecular flexibility index (Phi) is 2.46. The van der Waals surface area contributed by atoms with E-state index in [1.54, 1.807) is 0 Å². The Morgan fingerprint density at radius 2 is 1.05 bits per heavy atom. The quantitative estimate of drug-likeness (QED) is 0.485. The Hall–Kier alpha value is -2.74. The van der Waals surface area contributed by atoms with Crippen LogP contribution >= 0.6 is 0 Å². The normalized spacial score (nSPS) is 11.8. The second kappa shape index (κ2) is 4.42. The lowest BCUT2D eigenvalue weighted by atomic mass is 10.2. The molecular formula is C18H12O2. The summed E-state index contributed by atoms with van der Waals surface area (Å²) in [5.74, 6) is 1.65. The minimum absolute atomic E-state index is 0.826. The molecule has 96 valence electrons. The van der Waals surface area contributed by atoms with E-state index in [-0.39, 0.29) is 0 Å². The molecule has 2 nitrogen and oxygen atoms in total. The van der Waals surface area contributed by atoms with Crippen molar-refractivity contribution in [1.29, 1.82) is 0 Å². The molecule has 4 aromatic rings. The molecular weight excluding hydrogens is 248 g/mol. The fourth-order valence-corrected chi connectivity index (χ4v) is 2.33. The molecule has 0 aliphatic carbocycles. The fraction of sp³-hybridized carbons (Fsp3) is 0. The lowest BCUT2D eigenvalue weighted by Crippen LogP contribution is -1.62. The summed E-state index contributed by atoms with van der Waals surface area (Å²) in [6, 6.07) is 20.0. The Balaban J connectivity index is 1.70. The molecule has 0 saturated heterocycles. The Morgan fingerprint density at radius 1 is 0.600 bits per heavy atom. The van der Waals surface area contributed by atoms with E-state index in [4.69, 9.17) is 8.83 Å². The SMILES string of the molecule is C(=Cc1cc2ccccc2o1)c1cc2ccccc2o1.